The number of anilines is 1. The molecule has 3 heterocycles. The lowest BCUT2D eigenvalue weighted by atomic mass is 9.83. The molecule has 0 spiro atoms. The number of aliphatic hydroxyl groups is 1. The fourth-order valence-corrected chi connectivity index (χ4v) is 5.20. The second-order valence-electron chi connectivity index (χ2n) is 14.5. The highest BCUT2D eigenvalue weighted by Gasteiger charge is 2.57. The fraction of sp³-hybridized carbons (Fsp3) is 0.606. The van der Waals surface area contributed by atoms with E-state index < -0.39 is 120 Å². The molecule has 3 atom stereocenters. The van der Waals surface area contributed by atoms with Crippen molar-refractivity contribution in [1.29, 1.82) is 0 Å². The third-order valence-electron chi connectivity index (χ3n) is 9.26. The summed E-state index contributed by atoms with van der Waals surface area (Å²) >= 11 is 0. The molecule has 2 saturated heterocycles. The van der Waals surface area contributed by atoms with E-state index in [-0.39, 0.29) is 41.8 Å². The molecule has 0 saturated carbocycles. The van der Waals surface area contributed by atoms with Crippen molar-refractivity contribution in [3.8, 4) is 11.3 Å². The zero-order valence-corrected chi connectivity index (χ0v) is 31.4. The summed E-state index contributed by atoms with van der Waals surface area (Å²) in [6, 6.07) is -3.03. The van der Waals surface area contributed by atoms with E-state index in [2.05, 4.69) is 5.10 Å². The number of hydrazine groups is 1. The number of alkyl carbamates (subject to hydrolysis) is 2. The van der Waals surface area contributed by atoms with Crippen molar-refractivity contribution in [2.75, 3.05) is 44.5 Å². The Hall–Kier alpha value is -5.11. The minimum atomic E-state index is -5.25. The smallest absolute Gasteiger partial charge is 0.408 e. The summed E-state index contributed by atoms with van der Waals surface area (Å²) in [5, 5.41) is 20.1. The van der Waals surface area contributed by atoms with Crippen LogP contribution in [-0.4, -0.2) is 121 Å². The number of hydrogen-bond donors (Lipinski definition) is 5. The van der Waals surface area contributed by atoms with Crippen molar-refractivity contribution < 1.29 is 87.1 Å². The molecule has 2 aliphatic rings. The van der Waals surface area contributed by atoms with Crippen LogP contribution in [-0.2, 0) is 28.5 Å². The van der Waals surface area contributed by atoms with Gasteiger partial charge in [-0.05, 0) is 45.9 Å². The maximum atomic E-state index is 15.8. The fourth-order valence-electron chi connectivity index (χ4n) is 5.20. The number of alkyl halides is 8. The Bertz CT molecular complexity index is 1810. The summed E-state index contributed by atoms with van der Waals surface area (Å²) in [7, 11) is 0. The molecular weight excluding hydrogens is 828 g/mol. The molecule has 59 heavy (non-hydrogen) atoms. The maximum absolute atomic E-state index is 15.8. The van der Waals surface area contributed by atoms with Gasteiger partial charge < -0.3 is 40.0 Å². The summed E-state index contributed by atoms with van der Waals surface area (Å²) < 4.78 is 162. The SMILES string of the molecule is CC(C)(C(NC(=O)OC1COC1)C(=O)NC[C@@H](O)CN(NC(=O)[C@@H](NC(=O)OC1COC1)C(C)(C)C(F)(F)F)c1c(F)cc(-c2ccn(C(F)F)n2)cc1F)C(F)(F)F. The minimum Gasteiger partial charge on any atom is -0.441 e. The molecule has 2 aromatic rings. The van der Waals surface area contributed by atoms with Crippen molar-refractivity contribution in [3.63, 3.8) is 0 Å². The second kappa shape index (κ2) is 18.0. The highest BCUT2D eigenvalue weighted by atomic mass is 19.4. The van der Waals surface area contributed by atoms with Gasteiger partial charge in [-0.15, -0.1) is 0 Å². The van der Waals surface area contributed by atoms with E-state index in [9.17, 15) is 59.4 Å². The Balaban J connectivity index is 1.64. The number of aromatic nitrogens is 2. The molecular formula is C33H39F10N7O9. The first-order valence-electron chi connectivity index (χ1n) is 17.3. The van der Waals surface area contributed by atoms with Gasteiger partial charge in [0.05, 0.1) is 55.6 Å². The molecule has 330 valence electrons. The van der Waals surface area contributed by atoms with E-state index in [4.69, 9.17) is 18.9 Å². The monoisotopic (exact) mass is 867 g/mol. The Kier molecular flexibility index (Phi) is 14.2. The number of nitrogens with zero attached hydrogens (tertiary/aromatic N) is 3. The number of amides is 4. The van der Waals surface area contributed by atoms with Crippen molar-refractivity contribution in [2.45, 2.75) is 77.0 Å². The first-order valence-corrected chi connectivity index (χ1v) is 17.3. The molecule has 0 bridgehead atoms. The van der Waals surface area contributed by atoms with E-state index in [0.717, 1.165) is 12.3 Å². The van der Waals surface area contributed by atoms with E-state index in [1.54, 1.807) is 16.1 Å². The lowest BCUT2D eigenvalue weighted by molar-refractivity contribution is -0.221. The van der Waals surface area contributed by atoms with Crippen LogP contribution in [0.3, 0.4) is 0 Å². The molecule has 1 aromatic carbocycles. The Morgan fingerprint density at radius 2 is 1.31 bits per heavy atom. The number of aliphatic hydroxyl groups excluding tert-OH is 1. The van der Waals surface area contributed by atoms with E-state index in [1.807, 2.05) is 5.32 Å². The molecule has 5 N–H and O–H groups in total. The van der Waals surface area contributed by atoms with E-state index >= 15 is 8.78 Å². The summed E-state index contributed by atoms with van der Waals surface area (Å²) in [5.74, 6) is -6.60. The number of halogens is 10. The van der Waals surface area contributed by atoms with Crippen LogP contribution in [0, 0.1) is 22.5 Å². The van der Waals surface area contributed by atoms with Gasteiger partial charge in [-0.25, -0.2) is 23.1 Å². The third kappa shape index (κ3) is 11.1. The van der Waals surface area contributed by atoms with Crippen LogP contribution in [0.2, 0.25) is 0 Å². The molecule has 26 heteroatoms. The molecule has 0 aliphatic carbocycles. The third-order valence-corrected chi connectivity index (χ3v) is 9.26. The largest absolute Gasteiger partial charge is 0.441 e. The number of benzene rings is 1. The van der Waals surface area contributed by atoms with Crippen LogP contribution in [0.4, 0.5) is 59.2 Å². The van der Waals surface area contributed by atoms with Crippen LogP contribution in [0.15, 0.2) is 24.4 Å². The Labute approximate surface area is 327 Å². The average molecular weight is 868 g/mol. The number of ether oxygens (including phenoxy) is 4. The van der Waals surface area contributed by atoms with Crippen LogP contribution in [0.5, 0.6) is 0 Å². The maximum Gasteiger partial charge on any atom is 0.408 e. The summed E-state index contributed by atoms with van der Waals surface area (Å²) in [6.07, 6.45) is -16.4. The van der Waals surface area contributed by atoms with Gasteiger partial charge in [0.2, 0.25) is 5.91 Å². The van der Waals surface area contributed by atoms with Gasteiger partial charge in [-0.1, -0.05) is 0 Å². The topological polar surface area (TPSA) is 195 Å². The molecule has 16 nitrogen and oxygen atoms in total. The first-order chi connectivity index (χ1) is 27.2. The quantitative estimate of drug-likeness (QED) is 0.122. The van der Waals surface area contributed by atoms with Crippen LogP contribution >= 0.6 is 0 Å². The predicted octanol–water partition coefficient (Wildman–Crippen LogP) is 3.70. The number of carbonyl (C=O) groups excluding carboxylic acids is 4. The zero-order valence-electron chi connectivity index (χ0n) is 31.4. The van der Waals surface area contributed by atoms with Gasteiger partial charge in [0.25, 0.3) is 5.91 Å². The van der Waals surface area contributed by atoms with E-state index in [1.165, 1.54) is 0 Å². The van der Waals surface area contributed by atoms with Gasteiger partial charge >= 0.3 is 31.1 Å². The highest BCUT2D eigenvalue weighted by Crippen LogP contribution is 2.42. The normalized spacial score (nSPS) is 16.9. The highest BCUT2D eigenvalue weighted by molar-refractivity contribution is 5.88. The standard InChI is InChI=1S/C33H39F10N7O9/c1-30(2,32(38,39)40)23(45-28(54)58-17-11-56-12-17)25(52)44-9-16(51)10-50(22-19(34)7-15(8-20(22)35)21-5-6-49(47-21)27(36)37)48-26(53)24(31(3,4)33(41,42)43)46-29(55)59-18-13-57-14-18/h5-8,16-18,23-24,27,51H,9-14H2,1-4H3,(H,44,52)(H,45,54)(H,46,55)(H,48,53)/t16-,23?,24-/m1/s1. The summed E-state index contributed by atoms with van der Waals surface area (Å²) in [4.78, 5) is 51.7. The van der Waals surface area contributed by atoms with Gasteiger partial charge in [0, 0.05) is 18.3 Å². The number of hydrogen-bond acceptors (Lipinski definition) is 11. The van der Waals surface area contributed by atoms with Crippen molar-refractivity contribution in [1.82, 2.24) is 31.2 Å². The van der Waals surface area contributed by atoms with Gasteiger partial charge in [0.15, 0.2) is 23.8 Å². The molecule has 1 unspecified atom stereocenters. The van der Waals surface area contributed by atoms with Gasteiger partial charge in [-0.3, -0.25) is 20.0 Å². The van der Waals surface area contributed by atoms with Crippen LogP contribution < -0.4 is 26.4 Å². The average Bonchev–Trinajstić information content (AvgIpc) is 3.58. The Morgan fingerprint density at radius 1 is 0.847 bits per heavy atom. The van der Waals surface area contributed by atoms with Crippen LogP contribution in [0.1, 0.15) is 34.2 Å². The Morgan fingerprint density at radius 3 is 1.69 bits per heavy atom. The van der Waals surface area contributed by atoms with Crippen molar-refractivity contribution >= 4 is 29.7 Å². The second-order valence-corrected chi connectivity index (χ2v) is 14.5. The predicted molar refractivity (Wildman–Crippen MR) is 179 cm³/mol. The molecule has 2 fully saturated rings. The van der Waals surface area contributed by atoms with Gasteiger partial charge in [-0.2, -0.15) is 40.2 Å². The minimum absolute atomic E-state index is 0.0658. The van der Waals surface area contributed by atoms with E-state index in [0.29, 0.717) is 39.8 Å². The molecule has 4 amide bonds. The summed E-state index contributed by atoms with van der Waals surface area (Å²) in [5.41, 5.74) is -6.46. The number of nitrogens with one attached hydrogen (secondary N) is 4. The summed E-state index contributed by atoms with van der Waals surface area (Å²) in [6.45, 7) is -3.71. The lowest BCUT2D eigenvalue weighted by Gasteiger charge is -2.38. The van der Waals surface area contributed by atoms with Crippen LogP contribution in [0.25, 0.3) is 11.3 Å². The molecule has 4 rings (SSSR count). The van der Waals surface area contributed by atoms with Gasteiger partial charge in [0.1, 0.15) is 17.8 Å². The lowest BCUT2D eigenvalue weighted by Crippen LogP contribution is -2.63. The number of rotatable bonds is 16. The van der Waals surface area contributed by atoms with Crippen molar-refractivity contribution in [3.05, 3.63) is 36.0 Å². The number of carbonyl (C=O) groups is 4. The molecule has 0 radical (unpaired) electrons. The molecule has 1 aromatic heterocycles. The molecule has 2 aliphatic heterocycles. The zero-order chi connectivity index (χ0) is 44.2. The first kappa shape index (κ1) is 46.6. The van der Waals surface area contributed by atoms with Crippen molar-refractivity contribution in [2.24, 2.45) is 10.8 Å².